The number of hydrogen-bond donors (Lipinski definition) is 7. The van der Waals surface area contributed by atoms with Gasteiger partial charge in [0.15, 0.2) is 0 Å². The summed E-state index contributed by atoms with van der Waals surface area (Å²) in [7, 11) is -3.94. The topological polar surface area (TPSA) is 211 Å². The van der Waals surface area contributed by atoms with E-state index in [2.05, 4.69) is 15.6 Å². The van der Waals surface area contributed by atoms with Gasteiger partial charge in [0.25, 0.3) is 0 Å². The Bertz CT molecular complexity index is 1750. The molecule has 1 fully saturated rings. The zero-order valence-corrected chi connectivity index (χ0v) is 31.7. The minimum atomic E-state index is -3.94. The largest absolute Gasteiger partial charge is 0.490 e. The van der Waals surface area contributed by atoms with Crippen LogP contribution in [0.4, 0.5) is 4.79 Å². The predicted octanol–water partition coefficient (Wildman–Crippen LogP) is 3.14. The van der Waals surface area contributed by atoms with E-state index in [1.165, 1.54) is 16.4 Å². The van der Waals surface area contributed by atoms with Gasteiger partial charge in [-0.2, -0.15) is 4.31 Å². The number of urea groups is 1. The number of aliphatic hydroxyl groups excluding tert-OH is 5. The van der Waals surface area contributed by atoms with E-state index in [-0.39, 0.29) is 36.7 Å². The van der Waals surface area contributed by atoms with Crippen molar-refractivity contribution < 1.29 is 48.2 Å². The molecule has 5 atom stereocenters. The lowest BCUT2D eigenvalue weighted by molar-refractivity contribution is -0.113. The molecule has 2 amide bonds. The van der Waals surface area contributed by atoms with Crippen LogP contribution in [0, 0.1) is 0 Å². The van der Waals surface area contributed by atoms with Gasteiger partial charge in [-0.1, -0.05) is 29.8 Å². The van der Waals surface area contributed by atoms with Crippen LogP contribution >= 0.6 is 11.6 Å². The molecule has 1 aromatic heterocycles. The molecule has 2 aromatic carbocycles. The number of halogens is 1. The van der Waals surface area contributed by atoms with Gasteiger partial charge in [0.05, 0.1) is 36.4 Å². The number of para-hydroxylation sites is 1. The van der Waals surface area contributed by atoms with Crippen molar-refractivity contribution in [3.8, 4) is 16.9 Å². The molecular weight excluding hydrogens is 728 g/mol. The van der Waals surface area contributed by atoms with Crippen molar-refractivity contribution in [1.29, 1.82) is 0 Å². The van der Waals surface area contributed by atoms with Crippen molar-refractivity contribution in [2.45, 2.75) is 101 Å². The van der Waals surface area contributed by atoms with Crippen LogP contribution in [0.1, 0.15) is 63.7 Å². The number of ether oxygens (including phenoxy) is 2. The SMILES string of the molecule is CC(OCc1cc(S(=O)(=O)N(CCCCNC(=O)NC[C@H](O)[C@@H](O)[C@H](O)[C@H](O)CO)C(C)C)ccc1Cl)c1cnccc1-c1ccccc1OC1CC1. The molecule has 16 heteroatoms. The molecule has 7 N–H and O–H groups in total. The minimum Gasteiger partial charge on any atom is -0.490 e. The van der Waals surface area contributed by atoms with E-state index < -0.39 is 59.7 Å². The summed E-state index contributed by atoms with van der Waals surface area (Å²) in [4.78, 5) is 16.6. The van der Waals surface area contributed by atoms with E-state index in [9.17, 15) is 33.6 Å². The average Bonchev–Trinajstić information content (AvgIpc) is 3.97. The van der Waals surface area contributed by atoms with Gasteiger partial charge in [-0.05, 0) is 87.9 Å². The van der Waals surface area contributed by atoms with Gasteiger partial charge in [-0.3, -0.25) is 4.98 Å². The second-order valence-corrected chi connectivity index (χ2v) is 15.6. The quantitative estimate of drug-likeness (QED) is 0.0782. The molecule has 1 saturated carbocycles. The Labute approximate surface area is 315 Å². The highest BCUT2D eigenvalue weighted by atomic mass is 35.5. The molecule has 0 bridgehead atoms. The van der Waals surface area contributed by atoms with Gasteiger partial charge in [0, 0.05) is 54.2 Å². The molecular formula is C37H51ClN4O10S. The Morgan fingerprint density at radius 1 is 0.981 bits per heavy atom. The van der Waals surface area contributed by atoms with E-state index in [4.69, 9.17) is 26.2 Å². The Kier molecular flexibility index (Phi) is 15.8. The number of nitrogens with one attached hydrogen (secondary N) is 2. The highest BCUT2D eigenvalue weighted by molar-refractivity contribution is 7.89. The lowest BCUT2D eigenvalue weighted by Crippen LogP contribution is -2.50. The second kappa shape index (κ2) is 19.8. The Balaban J connectivity index is 1.32. The maximum atomic E-state index is 13.8. The van der Waals surface area contributed by atoms with Gasteiger partial charge in [0.1, 0.15) is 24.1 Å². The van der Waals surface area contributed by atoms with Gasteiger partial charge in [-0.25, -0.2) is 13.2 Å². The van der Waals surface area contributed by atoms with Gasteiger partial charge in [0.2, 0.25) is 10.0 Å². The van der Waals surface area contributed by atoms with Crippen LogP contribution < -0.4 is 15.4 Å². The number of pyridine rings is 1. The second-order valence-electron chi connectivity index (χ2n) is 13.3. The number of carbonyl (C=O) groups is 1. The van der Waals surface area contributed by atoms with Gasteiger partial charge < -0.3 is 45.6 Å². The van der Waals surface area contributed by atoms with Crippen LogP contribution in [0.25, 0.3) is 11.1 Å². The number of amides is 2. The summed E-state index contributed by atoms with van der Waals surface area (Å²) < 4.78 is 41.5. The number of nitrogens with zero attached hydrogens (tertiary/aromatic N) is 2. The monoisotopic (exact) mass is 778 g/mol. The maximum absolute atomic E-state index is 13.8. The zero-order valence-electron chi connectivity index (χ0n) is 30.1. The van der Waals surface area contributed by atoms with Crippen molar-refractivity contribution >= 4 is 27.7 Å². The van der Waals surface area contributed by atoms with E-state index in [0.717, 1.165) is 35.3 Å². The molecule has 14 nitrogen and oxygen atoms in total. The number of aliphatic hydroxyl groups is 5. The highest BCUT2D eigenvalue weighted by Gasteiger charge is 2.31. The molecule has 4 rings (SSSR count). The standard InChI is InChI=1S/C37H51ClN4O10S/c1-23(2)42(17-7-6-15-40-37(48)41-20-32(44)35(46)36(47)33(45)21-43)53(49,50)27-12-13-31(38)25(18-27)22-51-24(3)30-19-39-16-14-28(30)29-8-4-5-9-34(29)52-26-10-11-26/h4-5,8-9,12-14,16,18-19,23-24,26,32-33,35-36,43-47H,6-7,10-11,15,17,20-22H2,1-3H3,(H2,40,41,48)/t24?,32-,33+,35+,36+/m0/s1. The molecule has 3 aromatic rings. The Morgan fingerprint density at radius 3 is 2.40 bits per heavy atom. The summed E-state index contributed by atoms with van der Waals surface area (Å²) in [6.45, 7) is 4.65. The number of carbonyl (C=O) groups excluding carboxylic acids is 1. The Morgan fingerprint density at radius 2 is 1.70 bits per heavy atom. The summed E-state index contributed by atoms with van der Waals surface area (Å²) in [5, 5.41) is 53.1. The lowest BCUT2D eigenvalue weighted by Gasteiger charge is -2.26. The van der Waals surface area contributed by atoms with Gasteiger partial charge in [-0.15, -0.1) is 0 Å². The molecule has 1 aliphatic carbocycles. The van der Waals surface area contributed by atoms with E-state index in [1.807, 2.05) is 37.3 Å². The van der Waals surface area contributed by atoms with E-state index >= 15 is 0 Å². The zero-order chi connectivity index (χ0) is 38.7. The molecule has 0 saturated heterocycles. The van der Waals surface area contributed by atoms with Crippen molar-refractivity contribution in [2.75, 3.05) is 26.2 Å². The molecule has 1 aliphatic rings. The molecule has 53 heavy (non-hydrogen) atoms. The first-order valence-electron chi connectivity index (χ1n) is 17.7. The molecule has 0 aliphatic heterocycles. The first kappa shape index (κ1) is 42.4. The number of aromatic nitrogens is 1. The van der Waals surface area contributed by atoms with Crippen molar-refractivity contribution in [3.63, 3.8) is 0 Å². The fraction of sp³-hybridized carbons (Fsp3) is 0.514. The maximum Gasteiger partial charge on any atom is 0.314 e. The number of rotatable bonds is 21. The third-order valence-electron chi connectivity index (χ3n) is 8.86. The summed E-state index contributed by atoms with van der Waals surface area (Å²) in [5.41, 5.74) is 3.24. The number of hydrogen-bond acceptors (Lipinski definition) is 11. The van der Waals surface area contributed by atoms with E-state index in [1.54, 1.807) is 32.3 Å². The van der Waals surface area contributed by atoms with Crippen LogP contribution in [0.5, 0.6) is 5.75 Å². The first-order chi connectivity index (χ1) is 25.2. The van der Waals surface area contributed by atoms with Crippen molar-refractivity contribution in [3.05, 3.63) is 77.1 Å². The van der Waals surface area contributed by atoms with Crippen LogP contribution in [0.3, 0.4) is 0 Å². The molecule has 1 unspecified atom stereocenters. The van der Waals surface area contributed by atoms with Crippen molar-refractivity contribution in [1.82, 2.24) is 19.9 Å². The van der Waals surface area contributed by atoms with E-state index in [0.29, 0.717) is 23.4 Å². The normalized spacial score (nSPS) is 16.2. The fourth-order valence-corrected chi connectivity index (χ4v) is 7.49. The third kappa shape index (κ3) is 11.8. The number of sulfonamides is 1. The Hall–Kier alpha value is -3.38. The molecule has 1 heterocycles. The fourth-order valence-electron chi connectivity index (χ4n) is 5.59. The molecule has 292 valence electrons. The smallest absolute Gasteiger partial charge is 0.314 e. The van der Waals surface area contributed by atoms with Crippen LogP contribution in [-0.2, 0) is 21.4 Å². The first-order valence-corrected chi connectivity index (χ1v) is 19.5. The molecule has 0 radical (unpaired) electrons. The van der Waals surface area contributed by atoms with Crippen molar-refractivity contribution in [2.24, 2.45) is 0 Å². The summed E-state index contributed by atoms with van der Waals surface area (Å²) >= 11 is 6.54. The van der Waals surface area contributed by atoms with Gasteiger partial charge >= 0.3 is 6.03 Å². The average molecular weight is 779 g/mol. The lowest BCUT2D eigenvalue weighted by atomic mass is 9.98. The minimum absolute atomic E-state index is 0.0501. The summed E-state index contributed by atoms with van der Waals surface area (Å²) in [5.74, 6) is 0.802. The highest BCUT2D eigenvalue weighted by Crippen LogP contribution is 2.38. The summed E-state index contributed by atoms with van der Waals surface area (Å²) in [6.07, 6.45) is -0.609. The van der Waals surface area contributed by atoms with Crippen LogP contribution in [0.2, 0.25) is 5.02 Å². The molecule has 0 spiro atoms. The number of unbranched alkanes of at least 4 members (excludes halogenated alkanes) is 1. The third-order valence-corrected chi connectivity index (χ3v) is 11.3. The van der Waals surface area contributed by atoms with Crippen LogP contribution in [0.15, 0.2) is 65.8 Å². The summed E-state index contributed by atoms with van der Waals surface area (Å²) in [6, 6.07) is 13.3. The number of benzene rings is 2. The predicted molar refractivity (Wildman–Crippen MR) is 199 cm³/mol. The van der Waals surface area contributed by atoms with Crippen LogP contribution in [-0.4, -0.2) is 112 Å².